The zero-order chi connectivity index (χ0) is 12.5. The minimum Gasteiger partial charge on any atom is -0.479 e. The van der Waals surface area contributed by atoms with Gasteiger partial charge in [0.05, 0.1) is 7.11 Å². The normalized spacial score (nSPS) is 19.5. The molecule has 5 nitrogen and oxygen atoms in total. The van der Waals surface area contributed by atoms with Gasteiger partial charge in [0.1, 0.15) is 5.69 Å². The minimum absolute atomic E-state index is 0.0412. The summed E-state index contributed by atoms with van der Waals surface area (Å²) in [6.07, 6.45) is 4.08. The molecule has 1 aromatic rings. The van der Waals surface area contributed by atoms with E-state index < -0.39 is 0 Å². The van der Waals surface area contributed by atoms with E-state index in [0.29, 0.717) is 17.5 Å². The first-order valence-corrected chi connectivity index (χ1v) is 7.14. The van der Waals surface area contributed by atoms with Crippen LogP contribution in [0.25, 0.3) is 0 Å². The third-order valence-corrected chi connectivity index (χ3v) is 4.19. The van der Waals surface area contributed by atoms with Gasteiger partial charge in [0, 0.05) is 18.5 Å². The van der Waals surface area contributed by atoms with E-state index in [4.69, 9.17) is 4.74 Å². The molecule has 2 aliphatic rings. The van der Waals surface area contributed by atoms with E-state index in [0.717, 1.165) is 19.0 Å². The van der Waals surface area contributed by atoms with Gasteiger partial charge in [0.25, 0.3) is 0 Å². The lowest BCUT2D eigenvalue weighted by Crippen LogP contribution is -2.51. The summed E-state index contributed by atoms with van der Waals surface area (Å²) in [7, 11) is 1.56. The van der Waals surface area contributed by atoms with E-state index in [-0.39, 0.29) is 6.03 Å². The zero-order valence-corrected chi connectivity index (χ0v) is 11.2. The van der Waals surface area contributed by atoms with E-state index >= 15 is 0 Å². The van der Waals surface area contributed by atoms with Crippen molar-refractivity contribution in [3.63, 3.8) is 0 Å². The van der Waals surface area contributed by atoms with Crippen LogP contribution >= 0.6 is 11.5 Å². The van der Waals surface area contributed by atoms with Crippen LogP contribution in [0, 0.1) is 11.8 Å². The maximum absolute atomic E-state index is 11.9. The van der Waals surface area contributed by atoms with Crippen LogP contribution in [0.5, 0.6) is 5.88 Å². The lowest BCUT2D eigenvalue weighted by Gasteiger charge is -2.39. The number of ether oxygens (including phenoxy) is 1. The SMILES string of the molecule is COc1nscc1NC(=O)N1CC(CC2CC2)C1. The fraction of sp³-hybridized carbons (Fsp3) is 0.667. The van der Waals surface area contributed by atoms with Gasteiger partial charge in [0.15, 0.2) is 0 Å². The number of hydrogen-bond acceptors (Lipinski definition) is 4. The first kappa shape index (κ1) is 11.8. The predicted octanol–water partition coefficient (Wildman–Crippen LogP) is 2.42. The topological polar surface area (TPSA) is 54.5 Å². The monoisotopic (exact) mass is 267 g/mol. The molecule has 2 heterocycles. The molecule has 6 heteroatoms. The number of amides is 2. The Bertz CT molecular complexity index is 438. The molecule has 2 amide bonds. The number of likely N-dealkylation sites (tertiary alicyclic amines) is 1. The third-order valence-electron chi connectivity index (χ3n) is 3.58. The first-order valence-electron chi connectivity index (χ1n) is 6.30. The van der Waals surface area contributed by atoms with Gasteiger partial charge in [-0.15, -0.1) is 0 Å². The van der Waals surface area contributed by atoms with E-state index in [1.54, 1.807) is 12.5 Å². The van der Waals surface area contributed by atoms with Crippen molar-refractivity contribution in [2.24, 2.45) is 11.8 Å². The molecule has 98 valence electrons. The summed E-state index contributed by atoms with van der Waals surface area (Å²) in [6, 6.07) is -0.0412. The van der Waals surface area contributed by atoms with Gasteiger partial charge in [-0.3, -0.25) is 0 Å². The van der Waals surface area contributed by atoms with Crippen LogP contribution in [0.4, 0.5) is 10.5 Å². The summed E-state index contributed by atoms with van der Waals surface area (Å²) in [5.74, 6) is 2.15. The highest BCUT2D eigenvalue weighted by Gasteiger charge is 2.35. The Balaban J connectivity index is 1.47. The number of methoxy groups -OCH3 is 1. The van der Waals surface area contributed by atoms with Crippen molar-refractivity contribution >= 4 is 23.3 Å². The standard InChI is InChI=1S/C12H17N3O2S/c1-17-11-10(7-18-14-11)13-12(16)15-5-9(6-15)4-8-2-3-8/h7-9H,2-6H2,1H3,(H,13,16). The van der Waals surface area contributed by atoms with Crippen molar-refractivity contribution in [2.45, 2.75) is 19.3 Å². The second kappa shape index (κ2) is 4.76. The summed E-state index contributed by atoms with van der Waals surface area (Å²) >= 11 is 1.28. The molecule has 0 unspecified atom stereocenters. The number of hydrogen-bond donors (Lipinski definition) is 1. The number of nitrogens with zero attached hydrogens (tertiary/aromatic N) is 2. The Kier molecular flexibility index (Phi) is 3.11. The lowest BCUT2D eigenvalue weighted by atomic mass is 9.94. The van der Waals surface area contributed by atoms with Crippen molar-refractivity contribution in [1.29, 1.82) is 0 Å². The number of nitrogens with one attached hydrogen (secondary N) is 1. The maximum atomic E-state index is 11.9. The quantitative estimate of drug-likeness (QED) is 0.911. The fourth-order valence-electron chi connectivity index (χ4n) is 2.36. The van der Waals surface area contributed by atoms with Crippen molar-refractivity contribution < 1.29 is 9.53 Å². The highest BCUT2D eigenvalue weighted by atomic mass is 32.1. The van der Waals surface area contributed by atoms with Gasteiger partial charge in [0.2, 0.25) is 5.88 Å². The fourth-order valence-corrected chi connectivity index (χ4v) is 2.95. The van der Waals surface area contributed by atoms with Gasteiger partial charge < -0.3 is 15.0 Å². The van der Waals surface area contributed by atoms with Crippen LogP contribution in [-0.4, -0.2) is 35.5 Å². The zero-order valence-electron chi connectivity index (χ0n) is 10.4. The first-order chi connectivity index (χ1) is 8.76. The van der Waals surface area contributed by atoms with E-state index in [2.05, 4.69) is 9.69 Å². The largest absolute Gasteiger partial charge is 0.479 e. The number of carbonyl (C=O) groups is 1. The van der Waals surface area contributed by atoms with E-state index in [9.17, 15) is 4.79 Å². The minimum atomic E-state index is -0.0412. The molecule has 1 N–H and O–H groups in total. The smallest absolute Gasteiger partial charge is 0.322 e. The summed E-state index contributed by atoms with van der Waals surface area (Å²) in [5, 5.41) is 4.63. The molecule has 1 aliphatic heterocycles. The lowest BCUT2D eigenvalue weighted by molar-refractivity contribution is 0.122. The molecule has 1 saturated heterocycles. The molecule has 3 rings (SSSR count). The van der Waals surface area contributed by atoms with Crippen LogP contribution in [0.1, 0.15) is 19.3 Å². The molecule has 0 bridgehead atoms. The number of carbonyl (C=O) groups excluding carboxylic acids is 1. The molecule has 0 radical (unpaired) electrons. The van der Waals surface area contributed by atoms with E-state index in [1.807, 2.05) is 4.90 Å². The Morgan fingerprint density at radius 1 is 1.56 bits per heavy atom. The maximum Gasteiger partial charge on any atom is 0.322 e. The molecule has 2 fully saturated rings. The van der Waals surface area contributed by atoms with Crippen molar-refractivity contribution in [2.75, 3.05) is 25.5 Å². The number of rotatable bonds is 4. The molecule has 0 spiro atoms. The van der Waals surface area contributed by atoms with E-state index in [1.165, 1.54) is 30.8 Å². The van der Waals surface area contributed by atoms with Gasteiger partial charge >= 0.3 is 6.03 Å². The number of urea groups is 1. The van der Waals surface area contributed by atoms with Crippen LogP contribution in [-0.2, 0) is 0 Å². The average Bonchev–Trinajstić information content (AvgIpc) is 3.02. The molecule has 1 aromatic heterocycles. The third kappa shape index (κ3) is 2.43. The molecular weight excluding hydrogens is 250 g/mol. The molecule has 0 atom stereocenters. The molecule has 0 aromatic carbocycles. The molecular formula is C12H17N3O2S. The molecule has 18 heavy (non-hydrogen) atoms. The summed E-state index contributed by atoms with van der Waals surface area (Å²) in [5.41, 5.74) is 0.665. The highest BCUT2D eigenvalue weighted by Crippen LogP contribution is 2.38. The van der Waals surface area contributed by atoms with Crippen molar-refractivity contribution in [3.8, 4) is 5.88 Å². The average molecular weight is 267 g/mol. The second-order valence-corrected chi connectivity index (χ2v) is 5.75. The number of aromatic nitrogens is 1. The van der Waals surface area contributed by atoms with Crippen molar-refractivity contribution in [3.05, 3.63) is 5.38 Å². The van der Waals surface area contributed by atoms with Crippen LogP contribution in [0.2, 0.25) is 0 Å². The Morgan fingerprint density at radius 2 is 2.33 bits per heavy atom. The Hall–Kier alpha value is -1.30. The van der Waals surface area contributed by atoms with Crippen LogP contribution in [0.15, 0.2) is 5.38 Å². The van der Waals surface area contributed by atoms with Crippen LogP contribution in [0.3, 0.4) is 0 Å². The van der Waals surface area contributed by atoms with Gasteiger partial charge in [-0.05, 0) is 29.8 Å². The Morgan fingerprint density at radius 3 is 3.00 bits per heavy atom. The summed E-state index contributed by atoms with van der Waals surface area (Å²) in [4.78, 5) is 13.8. The summed E-state index contributed by atoms with van der Waals surface area (Å²) < 4.78 is 9.11. The molecule has 1 saturated carbocycles. The predicted molar refractivity (Wildman–Crippen MR) is 70.1 cm³/mol. The van der Waals surface area contributed by atoms with Crippen LogP contribution < -0.4 is 10.1 Å². The number of anilines is 1. The second-order valence-electron chi connectivity index (χ2n) is 5.12. The summed E-state index contributed by atoms with van der Waals surface area (Å²) in [6.45, 7) is 1.78. The van der Waals surface area contributed by atoms with Gasteiger partial charge in [-0.2, -0.15) is 4.37 Å². The van der Waals surface area contributed by atoms with Gasteiger partial charge in [-0.1, -0.05) is 12.8 Å². The van der Waals surface area contributed by atoms with Crippen molar-refractivity contribution in [1.82, 2.24) is 9.27 Å². The highest BCUT2D eigenvalue weighted by molar-refractivity contribution is 7.04. The van der Waals surface area contributed by atoms with Gasteiger partial charge in [-0.25, -0.2) is 4.79 Å². The molecule has 1 aliphatic carbocycles. The Labute approximate surface area is 110 Å².